The lowest BCUT2D eigenvalue weighted by atomic mass is 10.2. The van der Waals surface area contributed by atoms with Gasteiger partial charge < -0.3 is 9.84 Å². The summed E-state index contributed by atoms with van der Waals surface area (Å²) in [5.74, 6) is 0. The van der Waals surface area contributed by atoms with Crippen molar-refractivity contribution in [3.05, 3.63) is 35.9 Å². The van der Waals surface area contributed by atoms with Gasteiger partial charge in [-0.25, -0.2) is 0 Å². The first-order valence-corrected chi connectivity index (χ1v) is 7.66. The Morgan fingerprint density at radius 1 is 1.20 bits per heavy atom. The van der Waals surface area contributed by atoms with Crippen molar-refractivity contribution >= 4 is 10.2 Å². The molecule has 0 aromatic heterocycles. The van der Waals surface area contributed by atoms with E-state index < -0.39 is 16.3 Å². The SMILES string of the molecule is COCC(O)CN(C)S(=O)(=O)N(C)Cc1ccccc1. The van der Waals surface area contributed by atoms with Crippen molar-refractivity contribution in [1.29, 1.82) is 0 Å². The first kappa shape index (κ1) is 17.1. The first-order valence-electron chi connectivity index (χ1n) is 6.26. The number of benzene rings is 1. The molecular weight excluding hydrogens is 280 g/mol. The zero-order chi connectivity index (χ0) is 15.2. The van der Waals surface area contributed by atoms with Crippen LogP contribution >= 0.6 is 0 Å². The number of rotatable bonds is 8. The molecule has 0 heterocycles. The number of aliphatic hydroxyl groups excluding tert-OH is 1. The van der Waals surface area contributed by atoms with Crippen LogP contribution in [0, 0.1) is 0 Å². The van der Waals surface area contributed by atoms with Crippen LogP contribution in [0.15, 0.2) is 30.3 Å². The van der Waals surface area contributed by atoms with Crippen molar-refractivity contribution in [2.75, 3.05) is 34.4 Å². The minimum atomic E-state index is -3.60. The fraction of sp³-hybridized carbons (Fsp3) is 0.538. The number of nitrogens with zero attached hydrogens (tertiary/aromatic N) is 2. The minimum Gasteiger partial charge on any atom is -0.389 e. The monoisotopic (exact) mass is 302 g/mol. The van der Waals surface area contributed by atoms with Crippen LogP contribution in [-0.4, -0.2) is 62.6 Å². The van der Waals surface area contributed by atoms with Crippen LogP contribution in [0.3, 0.4) is 0 Å². The third kappa shape index (κ3) is 4.84. The van der Waals surface area contributed by atoms with E-state index in [1.807, 2.05) is 30.3 Å². The summed E-state index contributed by atoms with van der Waals surface area (Å²) in [5, 5.41) is 9.60. The molecule has 1 rings (SSSR count). The lowest BCUT2D eigenvalue weighted by Crippen LogP contribution is -2.43. The van der Waals surface area contributed by atoms with Crippen LogP contribution < -0.4 is 0 Å². The second-order valence-corrected chi connectivity index (χ2v) is 6.78. The Hall–Kier alpha value is -0.990. The highest BCUT2D eigenvalue weighted by molar-refractivity contribution is 7.86. The first-order chi connectivity index (χ1) is 9.37. The van der Waals surface area contributed by atoms with Gasteiger partial charge in [0.25, 0.3) is 10.2 Å². The third-order valence-electron chi connectivity index (χ3n) is 2.86. The predicted molar refractivity (Wildman–Crippen MR) is 77.3 cm³/mol. The van der Waals surface area contributed by atoms with E-state index in [-0.39, 0.29) is 19.7 Å². The number of methoxy groups -OCH3 is 1. The normalized spacial score (nSPS) is 13.9. The summed E-state index contributed by atoms with van der Waals surface area (Å²) < 4.78 is 31.7. The number of aliphatic hydroxyl groups is 1. The molecule has 1 atom stereocenters. The molecule has 20 heavy (non-hydrogen) atoms. The van der Waals surface area contributed by atoms with Gasteiger partial charge in [-0.1, -0.05) is 30.3 Å². The minimum absolute atomic E-state index is 0.00466. The molecule has 7 heteroatoms. The molecule has 0 saturated carbocycles. The van der Waals surface area contributed by atoms with Crippen molar-refractivity contribution in [3.8, 4) is 0 Å². The van der Waals surface area contributed by atoms with Gasteiger partial charge in [-0.05, 0) is 5.56 Å². The maximum absolute atomic E-state index is 12.3. The maximum Gasteiger partial charge on any atom is 0.281 e. The van der Waals surface area contributed by atoms with E-state index in [9.17, 15) is 13.5 Å². The quantitative estimate of drug-likeness (QED) is 0.750. The topological polar surface area (TPSA) is 70.1 Å². The van der Waals surface area contributed by atoms with Crippen molar-refractivity contribution in [2.24, 2.45) is 0 Å². The van der Waals surface area contributed by atoms with Gasteiger partial charge in [-0.15, -0.1) is 0 Å². The van der Waals surface area contributed by atoms with Crippen LogP contribution in [-0.2, 0) is 21.5 Å². The average Bonchev–Trinajstić information content (AvgIpc) is 2.39. The van der Waals surface area contributed by atoms with E-state index in [0.717, 1.165) is 9.87 Å². The summed E-state index contributed by atoms with van der Waals surface area (Å²) in [6.07, 6.45) is -0.843. The van der Waals surface area contributed by atoms with Gasteiger partial charge in [0, 0.05) is 34.3 Å². The van der Waals surface area contributed by atoms with Crippen LogP contribution in [0.5, 0.6) is 0 Å². The Morgan fingerprint density at radius 3 is 2.35 bits per heavy atom. The zero-order valence-electron chi connectivity index (χ0n) is 12.1. The zero-order valence-corrected chi connectivity index (χ0v) is 12.9. The van der Waals surface area contributed by atoms with E-state index in [1.54, 1.807) is 0 Å². The lowest BCUT2D eigenvalue weighted by Gasteiger charge is -2.26. The van der Waals surface area contributed by atoms with E-state index in [1.165, 1.54) is 25.5 Å². The van der Waals surface area contributed by atoms with Crippen LogP contribution in [0.1, 0.15) is 5.56 Å². The Morgan fingerprint density at radius 2 is 1.80 bits per heavy atom. The molecule has 1 aromatic rings. The van der Waals surface area contributed by atoms with Crippen molar-refractivity contribution in [1.82, 2.24) is 8.61 Å². The van der Waals surface area contributed by atoms with Crippen molar-refractivity contribution < 1.29 is 18.3 Å². The van der Waals surface area contributed by atoms with Gasteiger partial charge in [0.2, 0.25) is 0 Å². The third-order valence-corrected chi connectivity index (χ3v) is 4.72. The Balaban J connectivity index is 2.67. The van der Waals surface area contributed by atoms with E-state index >= 15 is 0 Å². The summed E-state index contributed by atoms with van der Waals surface area (Å²) in [4.78, 5) is 0. The molecule has 0 bridgehead atoms. The molecule has 0 amide bonds. The molecule has 6 nitrogen and oxygen atoms in total. The summed E-state index contributed by atoms with van der Waals surface area (Å²) in [7, 11) is 0.814. The fourth-order valence-electron chi connectivity index (χ4n) is 1.80. The summed E-state index contributed by atoms with van der Waals surface area (Å²) in [6, 6.07) is 9.34. The summed E-state index contributed by atoms with van der Waals surface area (Å²) in [6.45, 7) is 0.380. The van der Waals surface area contributed by atoms with E-state index in [0.29, 0.717) is 0 Å². The average molecular weight is 302 g/mol. The Labute approximate surface area is 120 Å². The van der Waals surface area contributed by atoms with Gasteiger partial charge in [-0.3, -0.25) is 0 Å². The smallest absolute Gasteiger partial charge is 0.281 e. The highest BCUT2D eigenvalue weighted by atomic mass is 32.2. The molecule has 1 N–H and O–H groups in total. The molecule has 0 aliphatic carbocycles. The molecule has 0 radical (unpaired) electrons. The standard InChI is InChI=1S/C13H22N2O4S/c1-14(9-12-7-5-4-6-8-12)20(17,18)15(2)10-13(16)11-19-3/h4-8,13,16H,9-11H2,1-3H3. The molecule has 0 spiro atoms. The molecule has 0 saturated heterocycles. The van der Waals surface area contributed by atoms with Crippen LogP contribution in [0.2, 0.25) is 0 Å². The Kier molecular flexibility index (Phi) is 6.57. The van der Waals surface area contributed by atoms with Gasteiger partial charge in [-0.2, -0.15) is 17.0 Å². The maximum atomic E-state index is 12.3. The predicted octanol–water partition coefficient (Wildman–Crippen LogP) is 0.302. The molecule has 0 aliphatic heterocycles. The van der Waals surface area contributed by atoms with Gasteiger partial charge in [0.15, 0.2) is 0 Å². The van der Waals surface area contributed by atoms with Crippen LogP contribution in [0.4, 0.5) is 0 Å². The fourth-order valence-corrected chi connectivity index (χ4v) is 2.94. The molecule has 1 aromatic carbocycles. The van der Waals surface area contributed by atoms with E-state index in [4.69, 9.17) is 4.74 Å². The molecule has 1 unspecified atom stereocenters. The molecule has 114 valence electrons. The molecular formula is C13H22N2O4S. The van der Waals surface area contributed by atoms with Crippen molar-refractivity contribution in [2.45, 2.75) is 12.6 Å². The highest BCUT2D eigenvalue weighted by Crippen LogP contribution is 2.10. The summed E-state index contributed by atoms with van der Waals surface area (Å²) >= 11 is 0. The number of hydrogen-bond acceptors (Lipinski definition) is 4. The van der Waals surface area contributed by atoms with Crippen molar-refractivity contribution in [3.63, 3.8) is 0 Å². The second-order valence-electron chi connectivity index (χ2n) is 4.64. The van der Waals surface area contributed by atoms with Gasteiger partial charge >= 0.3 is 0 Å². The van der Waals surface area contributed by atoms with Crippen LogP contribution in [0.25, 0.3) is 0 Å². The molecule has 0 aliphatic rings. The lowest BCUT2D eigenvalue weighted by molar-refractivity contribution is 0.0546. The number of ether oxygens (including phenoxy) is 1. The second kappa shape index (κ2) is 7.70. The van der Waals surface area contributed by atoms with E-state index in [2.05, 4.69) is 0 Å². The number of hydrogen-bond donors (Lipinski definition) is 1. The number of likely N-dealkylation sites (N-methyl/N-ethyl adjacent to an activating group) is 1. The highest BCUT2D eigenvalue weighted by Gasteiger charge is 2.25. The largest absolute Gasteiger partial charge is 0.389 e. The van der Waals surface area contributed by atoms with Gasteiger partial charge in [0.1, 0.15) is 0 Å². The molecule has 0 fully saturated rings. The summed E-state index contributed by atoms with van der Waals surface area (Å²) in [5.41, 5.74) is 0.907. The Bertz CT molecular complexity index is 492. The van der Waals surface area contributed by atoms with Gasteiger partial charge in [0.05, 0.1) is 12.7 Å².